The lowest BCUT2D eigenvalue weighted by Crippen LogP contribution is -2.39. The normalized spacial score (nSPS) is 14.2. The number of aryl methyl sites for hydroxylation is 2. The van der Waals surface area contributed by atoms with Crippen LogP contribution in [0.5, 0.6) is 0 Å². The van der Waals surface area contributed by atoms with E-state index in [1.54, 1.807) is 0 Å². The summed E-state index contributed by atoms with van der Waals surface area (Å²) in [5.41, 5.74) is 5.05. The fraction of sp³-hybridized carbons (Fsp3) is 0.214. The molecule has 5 rings (SSSR count). The lowest BCUT2D eigenvalue weighted by atomic mass is 10.1. The Kier molecular flexibility index (Phi) is 6.05. The van der Waals surface area contributed by atoms with Crippen LogP contribution in [0.2, 0.25) is 0 Å². The Morgan fingerprint density at radius 2 is 1.64 bits per heavy atom. The highest BCUT2D eigenvalue weighted by molar-refractivity contribution is 8.03. The largest absolute Gasteiger partial charge is 0.377 e. The summed E-state index contributed by atoms with van der Waals surface area (Å²) in [6.07, 6.45) is 9.97. The first-order valence-electron chi connectivity index (χ1n) is 11.4. The van der Waals surface area contributed by atoms with Crippen LogP contribution in [0, 0.1) is 0 Å². The first-order chi connectivity index (χ1) is 16.1. The maximum atomic E-state index is 2.38. The topological polar surface area (TPSA) is 14.2 Å². The summed E-state index contributed by atoms with van der Waals surface area (Å²) < 4.78 is 4.64. The average molecular weight is 455 g/mol. The monoisotopic (exact) mass is 454 g/mol. The maximum Gasteiger partial charge on any atom is 0.213 e. The molecule has 0 saturated heterocycles. The summed E-state index contributed by atoms with van der Waals surface area (Å²) in [7, 11) is 6.30. The number of para-hydroxylation sites is 2. The predicted molar refractivity (Wildman–Crippen MR) is 138 cm³/mol. The molecule has 3 heterocycles. The molecular weight excluding hydrogens is 424 g/mol. The van der Waals surface area contributed by atoms with E-state index in [2.05, 4.69) is 131 Å². The van der Waals surface area contributed by atoms with Crippen LogP contribution in [0.25, 0.3) is 17.0 Å². The quantitative estimate of drug-likeness (QED) is 0.376. The first kappa shape index (κ1) is 21.5. The minimum atomic E-state index is 0.986. The standard InChI is InChI=1S/C28H30N4S/c1-29(2)23-14-18-31(19-15-23)16-8-17-32-20-13-22(24-9-4-5-10-25(24)32)21-28-30(3)26-11-6-7-12-27(26)33-28/h4-7,9-15,18-21H,8,16-17H2,1-3H3/q+2. The van der Waals surface area contributed by atoms with Crippen molar-refractivity contribution in [1.29, 1.82) is 0 Å². The number of hydrogen-bond donors (Lipinski definition) is 0. The van der Waals surface area contributed by atoms with Crippen molar-refractivity contribution >= 4 is 40.1 Å². The fourth-order valence-electron chi connectivity index (χ4n) is 4.33. The zero-order chi connectivity index (χ0) is 22.8. The molecule has 5 heteroatoms. The molecule has 2 aromatic carbocycles. The molecule has 0 aliphatic carbocycles. The SMILES string of the molecule is CN(C)c1cc[n+](CCC[n+]2ccc(/C=C3\Sc4ccccc4N3C)c3ccccc32)cc1. The van der Waals surface area contributed by atoms with E-state index in [0.29, 0.717) is 0 Å². The molecule has 0 spiro atoms. The minimum absolute atomic E-state index is 0.986. The van der Waals surface area contributed by atoms with Gasteiger partial charge < -0.3 is 9.80 Å². The van der Waals surface area contributed by atoms with E-state index >= 15 is 0 Å². The third-order valence-corrected chi connectivity index (χ3v) is 7.38. The second-order valence-electron chi connectivity index (χ2n) is 8.64. The molecule has 0 saturated carbocycles. The van der Waals surface area contributed by atoms with Crippen LogP contribution in [-0.4, -0.2) is 21.1 Å². The van der Waals surface area contributed by atoms with E-state index in [-0.39, 0.29) is 0 Å². The number of hydrogen-bond acceptors (Lipinski definition) is 3. The molecule has 0 N–H and O–H groups in total. The predicted octanol–water partition coefficient (Wildman–Crippen LogP) is 5.11. The summed E-state index contributed by atoms with van der Waals surface area (Å²) in [6.45, 7) is 1.99. The van der Waals surface area contributed by atoms with Crippen molar-refractivity contribution in [1.82, 2.24) is 0 Å². The highest BCUT2D eigenvalue weighted by Gasteiger charge is 2.22. The van der Waals surface area contributed by atoms with Crippen LogP contribution in [0.4, 0.5) is 11.4 Å². The van der Waals surface area contributed by atoms with Gasteiger partial charge in [-0.1, -0.05) is 36.0 Å². The second kappa shape index (κ2) is 9.28. The number of fused-ring (bicyclic) bond motifs is 2. The zero-order valence-corrected chi connectivity index (χ0v) is 20.3. The highest BCUT2D eigenvalue weighted by atomic mass is 32.2. The first-order valence-corrected chi connectivity index (χ1v) is 12.2. The van der Waals surface area contributed by atoms with Crippen LogP contribution >= 0.6 is 11.8 Å². The van der Waals surface area contributed by atoms with E-state index in [4.69, 9.17) is 0 Å². The van der Waals surface area contributed by atoms with Gasteiger partial charge in [-0.3, -0.25) is 0 Å². The van der Waals surface area contributed by atoms with Crippen molar-refractivity contribution in [3.8, 4) is 0 Å². The third kappa shape index (κ3) is 4.46. The number of thioether (sulfide) groups is 1. The van der Waals surface area contributed by atoms with Gasteiger partial charge in [0.05, 0.1) is 22.5 Å². The summed E-state index contributed by atoms with van der Waals surface area (Å²) in [6, 6.07) is 23.9. The number of anilines is 2. The Bertz CT molecular complexity index is 1310. The van der Waals surface area contributed by atoms with Crippen LogP contribution < -0.4 is 18.9 Å². The van der Waals surface area contributed by atoms with Crippen molar-refractivity contribution in [3.63, 3.8) is 0 Å². The number of rotatable bonds is 6. The Labute approximate surface area is 200 Å². The van der Waals surface area contributed by atoms with Gasteiger partial charge in [-0.2, -0.15) is 4.57 Å². The molecule has 4 nitrogen and oxygen atoms in total. The number of pyridine rings is 2. The van der Waals surface area contributed by atoms with Gasteiger partial charge in [0.2, 0.25) is 5.52 Å². The highest BCUT2D eigenvalue weighted by Crippen LogP contribution is 2.45. The Morgan fingerprint density at radius 3 is 2.42 bits per heavy atom. The molecular formula is C28H30N4S+2. The molecule has 4 aromatic rings. The van der Waals surface area contributed by atoms with E-state index in [0.717, 1.165) is 19.5 Å². The average Bonchev–Trinajstić information content (AvgIpc) is 3.16. The molecule has 0 amide bonds. The van der Waals surface area contributed by atoms with Crippen molar-refractivity contribution in [2.24, 2.45) is 0 Å². The Hall–Kier alpha value is -3.31. The third-order valence-electron chi connectivity index (χ3n) is 6.21. The zero-order valence-electron chi connectivity index (χ0n) is 19.5. The summed E-state index contributed by atoms with van der Waals surface area (Å²) in [5.74, 6) is 0. The maximum absolute atomic E-state index is 2.38. The molecule has 0 bridgehead atoms. The number of benzene rings is 2. The Balaban J connectivity index is 1.35. The van der Waals surface area contributed by atoms with Crippen molar-refractivity contribution in [2.45, 2.75) is 24.4 Å². The molecule has 0 atom stereocenters. The lowest BCUT2D eigenvalue weighted by molar-refractivity contribution is -0.717. The molecule has 2 aromatic heterocycles. The summed E-state index contributed by atoms with van der Waals surface area (Å²) in [4.78, 5) is 5.73. The van der Waals surface area contributed by atoms with Crippen LogP contribution in [0.1, 0.15) is 12.0 Å². The van der Waals surface area contributed by atoms with Gasteiger partial charge in [-0.15, -0.1) is 0 Å². The van der Waals surface area contributed by atoms with Gasteiger partial charge in [-0.05, 0) is 29.8 Å². The van der Waals surface area contributed by atoms with E-state index in [9.17, 15) is 0 Å². The summed E-state index contributed by atoms with van der Waals surface area (Å²) >= 11 is 1.84. The van der Waals surface area contributed by atoms with Crippen molar-refractivity contribution in [3.05, 3.63) is 95.9 Å². The van der Waals surface area contributed by atoms with E-state index in [1.165, 1.54) is 37.8 Å². The van der Waals surface area contributed by atoms with Crippen molar-refractivity contribution in [2.75, 3.05) is 30.9 Å². The van der Waals surface area contributed by atoms with Gasteiger partial charge in [0, 0.05) is 56.0 Å². The molecule has 33 heavy (non-hydrogen) atoms. The lowest BCUT2D eigenvalue weighted by Gasteiger charge is -2.13. The van der Waals surface area contributed by atoms with Crippen LogP contribution in [0.15, 0.2) is 95.2 Å². The number of nitrogens with zero attached hydrogens (tertiary/aromatic N) is 4. The molecule has 0 unspecified atom stereocenters. The second-order valence-corrected chi connectivity index (χ2v) is 9.70. The molecule has 0 radical (unpaired) electrons. The van der Waals surface area contributed by atoms with Gasteiger partial charge in [-0.25, -0.2) is 4.57 Å². The van der Waals surface area contributed by atoms with Crippen molar-refractivity contribution < 1.29 is 9.13 Å². The minimum Gasteiger partial charge on any atom is -0.377 e. The fourth-order valence-corrected chi connectivity index (χ4v) is 5.43. The van der Waals surface area contributed by atoms with Crippen LogP contribution in [-0.2, 0) is 13.1 Å². The van der Waals surface area contributed by atoms with Gasteiger partial charge in [0.1, 0.15) is 0 Å². The molecule has 1 aliphatic heterocycles. The Morgan fingerprint density at radius 1 is 0.879 bits per heavy atom. The van der Waals surface area contributed by atoms with Gasteiger partial charge in [0.15, 0.2) is 31.7 Å². The molecule has 0 fully saturated rings. The summed E-state index contributed by atoms with van der Waals surface area (Å²) in [5, 5.41) is 2.55. The number of aromatic nitrogens is 2. The smallest absolute Gasteiger partial charge is 0.213 e. The van der Waals surface area contributed by atoms with Crippen LogP contribution in [0.3, 0.4) is 0 Å². The molecule has 1 aliphatic rings. The van der Waals surface area contributed by atoms with Gasteiger partial charge >= 0.3 is 0 Å². The van der Waals surface area contributed by atoms with Gasteiger partial charge in [0.25, 0.3) is 0 Å². The van der Waals surface area contributed by atoms with E-state index in [1.807, 2.05) is 11.8 Å². The van der Waals surface area contributed by atoms with E-state index < -0.39 is 0 Å². The molecule has 166 valence electrons.